The highest BCUT2D eigenvalue weighted by molar-refractivity contribution is 6.31. The molecule has 0 unspecified atom stereocenters. The van der Waals surface area contributed by atoms with Gasteiger partial charge in [0.15, 0.2) is 0 Å². The summed E-state index contributed by atoms with van der Waals surface area (Å²) in [6.07, 6.45) is 3.58. The molecule has 0 spiro atoms. The van der Waals surface area contributed by atoms with E-state index in [4.69, 9.17) is 16.1 Å². The monoisotopic (exact) mass is 356 g/mol. The zero-order chi connectivity index (χ0) is 18.2. The molecule has 0 saturated heterocycles. The van der Waals surface area contributed by atoms with Crippen molar-refractivity contribution in [2.24, 2.45) is 7.05 Å². The van der Waals surface area contributed by atoms with Gasteiger partial charge in [-0.25, -0.2) is 0 Å². The molecule has 0 aliphatic carbocycles. The van der Waals surface area contributed by atoms with E-state index in [0.717, 1.165) is 16.8 Å². The number of hydrogen-bond donors (Lipinski definition) is 0. The van der Waals surface area contributed by atoms with Gasteiger partial charge in [0.25, 0.3) is 5.89 Å². The lowest BCUT2D eigenvalue weighted by Crippen LogP contribution is -2.10. The molecule has 0 atom stereocenters. The predicted molar refractivity (Wildman–Crippen MR) is 100 cm³/mol. The van der Waals surface area contributed by atoms with Gasteiger partial charge in [-0.05, 0) is 24.0 Å². The Morgan fingerprint density at radius 1 is 1.12 bits per heavy atom. The maximum atomic E-state index is 6.22. The van der Waals surface area contributed by atoms with Crippen molar-refractivity contribution in [3.05, 3.63) is 52.1 Å². The number of benzene rings is 1. The maximum Gasteiger partial charge on any atom is 0.250 e. The van der Waals surface area contributed by atoms with E-state index in [-0.39, 0.29) is 5.41 Å². The third-order valence-corrected chi connectivity index (χ3v) is 4.49. The summed E-state index contributed by atoms with van der Waals surface area (Å²) < 4.78 is 6.94. The Balaban J connectivity index is 1.82. The molecule has 6 heteroatoms. The lowest BCUT2D eigenvalue weighted by atomic mass is 9.87. The number of rotatable bonds is 3. The molecule has 0 fully saturated rings. The number of aromatic nitrogens is 4. The van der Waals surface area contributed by atoms with Gasteiger partial charge < -0.3 is 4.52 Å². The molecule has 2 heterocycles. The number of hydrogen-bond acceptors (Lipinski definition) is 4. The summed E-state index contributed by atoms with van der Waals surface area (Å²) in [5.74, 6) is 0.989. The highest BCUT2D eigenvalue weighted by Crippen LogP contribution is 2.25. The molecule has 0 N–H and O–H groups in total. The van der Waals surface area contributed by atoms with Gasteiger partial charge in [0.05, 0.1) is 5.69 Å². The largest absolute Gasteiger partial charge is 0.334 e. The Labute approximate surface area is 152 Å². The van der Waals surface area contributed by atoms with E-state index in [0.29, 0.717) is 16.9 Å². The molecule has 5 nitrogen and oxygen atoms in total. The molecule has 0 amide bonds. The molecule has 0 bridgehead atoms. The van der Waals surface area contributed by atoms with Crippen molar-refractivity contribution in [1.29, 1.82) is 0 Å². The summed E-state index contributed by atoms with van der Waals surface area (Å²) >= 11 is 6.22. The Morgan fingerprint density at radius 3 is 2.36 bits per heavy atom. The lowest BCUT2D eigenvalue weighted by molar-refractivity contribution is 0.411. The highest BCUT2D eigenvalue weighted by atomic mass is 35.5. The van der Waals surface area contributed by atoms with Crippen molar-refractivity contribution >= 4 is 23.8 Å². The van der Waals surface area contributed by atoms with E-state index >= 15 is 0 Å². The molecule has 25 heavy (non-hydrogen) atoms. The van der Waals surface area contributed by atoms with E-state index in [9.17, 15) is 0 Å². The molecule has 130 valence electrons. The summed E-state index contributed by atoms with van der Waals surface area (Å²) in [6, 6.07) is 8.22. The quantitative estimate of drug-likeness (QED) is 0.669. The maximum absolute atomic E-state index is 6.22. The third-order valence-electron chi connectivity index (χ3n) is 4.04. The minimum Gasteiger partial charge on any atom is -0.334 e. The molecule has 0 aliphatic heterocycles. The predicted octanol–water partition coefficient (Wildman–Crippen LogP) is 4.90. The first-order chi connectivity index (χ1) is 11.8. The molecule has 3 aromatic rings. The molecule has 0 aliphatic rings. The number of aryl methyl sites for hydroxylation is 2. The number of nitrogens with zero attached hydrogens (tertiary/aromatic N) is 4. The fourth-order valence-corrected chi connectivity index (χ4v) is 2.77. The summed E-state index contributed by atoms with van der Waals surface area (Å²) in [5, 5.41) is 8.90. The van der Waals surface area contributed by atoms with E-state index in [1.165, 1.54) is 5.56 Å². The van der Waals surface area contributed by atoms with Gasteiger partial charge >= 0.3 is 0 Å². The van der Waals surface area contributed by atoms with Gasteiger partial charge in [-0.1, -0.05) is 61.8 Å². The fraction of sp³-hybridized carbons (Fsp3) is 0.316. The molecular formula is C19H21ClN4O. The van der Waals surface area contributed by atoms with Crippen LogP contribution in [0.3, 0.4) is 0 Å². The highest BCUT2D eigenvalue weighted by Gasteiger charge is 2.14. The second-order valence-electron chi connectivity index (χ2n) is 7.03. The average molecular weight is 357 g/mol. The summed E-state index contributed by atoms with van der Waals surface area (Å²) in [7, 11) is 1.80. The van der Waals surface area contributed by atoms with E-state index < -0.39 is 0 Å². The molecule has 0 saturated carbocycles. The standard InChI is InChI=1S/C19H21ClN4O/c1-12-15(17(20)24(5)22-12)10-11-16-21-18(23-25-16)13-6-8-14(9-7-13)19(2,3)4/h6-11H,1-5H3. The average Bonchev–Trinajstić information content (AvgIpc) is 3.11. The van der Waals surface area contributed by atoms with Gasteiger partial charge in [0.1, 0.15) is 5.15 Å². The molecule has 1 aromatic carbocycles. The second kappa shape index (κ2) is 6.48. The van der Waals surface area contributed by atoms with Crippen LogP contribution >= 0.6 is 11.6 Å². The zero-order valence-corrected chi connectivity index (χ0v) is 15.8. The van der Waals surface area contributed by atoms with Crippen LogP contribution in [0.25, 0.3) is 23.5 Å². The van der Waals surface area contributed by atoms with Crippen molar-refractivity contribution in [2.75, 3.05) is 0 Å². The SMILES string of the molecule is Cc1nn(C)c(Cl)c1C=Cc1nc(-c2ccc(C(C)(C)C)cc2)no1. The van der Waals surface area contributed by atoms with Gasteiger partial charge in [-0.15, -0.1) is 0 Å². The molecule has 3 rings (SSSR count). The van der Waals surface area contributed by atoms with Crippen LogP contribution in [-0.4, -0.2) is 19.9 Å². The Kier molecular flexibility index (Phi) is 4.52. The van der Waals surface area contributed by atoms with Crippen molar-refractivity contribution in [3.8, 4) is 11.4 Å². The van der Waals surface area contributed by atoms with Crippen LogP contribution in [0.2, 0.25) is 5.15 Å². The first kappa shape index (κ1) is 17.4. The minimum atomic E-state index is 0.116. The van der Waals surface area contributed by atoms with Crippen molar-refractivity contribution in [3.63, 3.8) is 0 Å². The zero-order valence-electron chi connectivity index (χ0n) is 15.0. The summed E-state index contributed by atoms with van der Waals surface area (Å²) in [6.45, 7) is 8.46. The molecular weight excluding hydrogens is 336 g/mol. The van der Waals surface area contributed by atoms with Gasteiger partial charge in [-0.3, -0.25) is 4.68 Å². The van der Waals surface area contributed by atoms with Crippen LogP contribution < -0.4 is 0 Å². The van der Waals surface area contributed by atoms with Crippen molar-refractivity contribution in [2.45, 2.75) is 33.1 Å². The first-order valence-electron chi connectivity index (χ1n) is 8.07. The third kappa shape index (κ3) is 3.66. The molecule has 0 radical (unpaired) electrons. The minimum absolute atomic E-state index is 0.116. The smallest absolute Gasteiger partial charge is 0.250 e. The summed E-state index contributed by atoms with van der Waals surface area (Å²) in [4.78, 5) is 4.42. The van der Waals surface area contributed by atoms with E-state index in [2.05, 4.69) is 48.1 Å². The Bertz CT molecular complexity index is 914. The van der Waals surface area contributed by atoms with Crippen LogP contribution in [0, 0.1) is 6.92 Å². The number of halogens is 1. The van der Waals surface area contributed by atoms with Crippen LogP contribution in [0.15, 0.2) is 28.8 Å². The van der Waals surface area contributed by atoms with Gasteiger partial charge in [0, 0.05) is 24.3 Å². The van der Waals surface area contributed by atoms with E-state index in [1.807, 2.05) is 25.1 Å². The summed E-state index contributed by atoms with van der Waals surface area (Å²) in [5.41, 5.74) is 4.00. The van der Waals surface area contributed by atoms with Crippen LogP contribution in [0.5, 0.6) is 0 Å². The van der Waals surface area contributed by atoms with Crippen LogP contribution in [0.1, 0.15) is 43.5 Å². The van der Waals surface area contributed by atoms with Crippen LogP contribution in [0.4, 0.5) is 0 Å². The second-order valence-corrected chi connectivity index (χ2v) is 7.39. The Morgan fingerprint density at radius 2 is 1.80 bits per heavy atom. The molecule has 2 aromatic heterocycles. The first-order valence-corrected chi connectivity index (χ1v) is 8.45. The van der Waals surface area contributed by atoms with Crippen molar-refractivity contribution < 1.29 is 4.52 Å². The normalized spacial score (nSPS) is 12.2. The van der Waals surface area contributed by atoms with Gasteiger partial charge in [0.2, 0.25) is 5.82 Å². The van der Waals surface area contributed by atoms with Crippen molar-refractivity contribution in [1.82, 2.24) is 19.9 Å². The fourth-order valence-electron chi connectivity index (χ4n) is 2.53. The lowest BCUT2D eigenvalue weighted by Gasteiger charge is -2.18. The van der Waals surface area contributed by atoms with Gasteiger partial charge in [-0.2, -0.15) is 10.1 Å². The van der Waals surface area contributed by atoms with Crippen LogP contribution in [-0.2, 0) is 12.5 Å². The van der Waals surface area contributed by atoms with E-state index in [1.54, 1.807) is 17.8 Å². The Hall–Kier alpha value is -2.40. The topological polar surface area (TPSA) is 56.7 Å².